The van der Waals surface area contributed by atoms with E-state index in [1.165, 1.54) is 6.07 Å². The molecule has 0 aliphatic rings. The minimum Gasteiger partial charge on any atom is -0.483 e. The normalized spacial score (nSPS) is 11.6. The van der Waals surface area contributed by atoms with Crippen LogP contribution in [0.5, 0.6) is 5.75 Å². The summed E-state index contributed by atoms with van der Waals surface area (Å²) in [6.45, 7) is 5.65. The number of nitro groups is 1. The summed E-state index contributed by atoms with van der Waals surface area (Å²) in [5.74, 6) is 0.656. The maximum Gasteiger partial charge on any atom is 0.274 e. The third-order valence-corrected chi connectivity index (χ3v) is 4.20. The maximum absolute atomic E-state index is 12.2. The number of hydrogen-bond donors (Lipinski definition) is 1. The zero-order valence-electron chi connectivity index (χ0n) is 14.6. The second-order valence-electron chi connectivity index (χ2n) is 5.89. The number of hydrogen-bond acceptors (Lipinski definition) is 4. The predicted octanol–water partition coefficient (Wildman–Crippen LogP) is 4.43. The van der Waals surface area contributed by atoms with Gasteiger partial charge in [0.05, 0.1) is 16.2 Å². The van der Waals surface area contributed by atoms with Gasteiger partial charge >= 0.3 is 0 Å². The molecular formula is C19H22N2O4. The Morgan fingerprint density at radius 1 is 1.24 bits per heavy atom. The molecule has 2 aromatic rings. The van der Waals surface area contributed by atoms with Gasteiger partial charge in [0.25, 0.3) is 11.6 Å². The van der Waals surface area contributed by atoms with Crippen molar-refractivity contribution >= 4 is 17.3 Å². The van der Waals surface area contributed by atoms with E-state index in [4.69, 9.17) is 4.74 Å². The number of nitrogens with zero attached hydrogens (tertiary/aromatic N) is 1. The van der Waals surface area contributed by atoms with Crippen molar-refractivity contribution in [2.75, 3.05) is 11.9 Å². The highest BCUT2D eigenvalue weighted by molar-refractivity contribution is 5.93. The van der Waals surface area contributed by atoms with Gasteiger partial charge in [-0.25, -0.2) is 0 Å². The van der Waals surface area contributed by atoms with Crippen molar-refractivity contribution in [3.63, 3.8) is 0 Å². The molecule has 0 heterocycles. The van der Waals surface area contributed by atoms with Crippen molar-refractivity contribution in [3.05, 3.63) is 63.7 Å². The van der Waals surface area contributed by atoms with E-state index >= 15 is 0 Å². The summed E-state index contributed by atoms with van der Waals surface area (Å²) >= 11 is 0. The highest BCUT2D eigenvalue weighted by atomic mass is 16.6. The molecule has 6 heteroatoms. The van der Waals surface area contributed by atoms with Crippen LogP contribution in [-0.2, 0) is 4.79 Å². The molecule has 0 bridgehead atoms. The lowest BCUT2D eigenvalue weighted by Gasteiger charge is -2.15. The first-order valence-electron chi connectivity index (χ1n) is 8.19. The molecule has 1 N–H and O–H groups in total. The number of amides is 1. The molecule has 0 saturated heterocycles. The summed E-state index contributed by atoms with van der Waals surface area (Å²) in [7, 11) is 0. The van der Waals surface area contributed by atoms with Gasteiger partial charge in [-0.3, -0.25) is 14.9 Å². The highest BCUT2D eigenvalue weighted by Crippen LogP contribution is 2.28. The van der Waals surface area contributed by atoms with E-state index in [0.29, 0.717) is 22.9 Å². The van der Waals surface area contributed by atoms with Gasteiger partial charge in [-0.1, -0.05) is 38.1 Å². The van der Waals surface area contributed by atoms with E-state index in [2.05, 4.69) is 19.2 Å². The van der Waals surface area contributed by atoms with Crippen LogP contribution in [0.2, 0.25) is 0 Å². The van der Waals surface area contributed by atoms with Gasteiger partial charge in [-0.15, -0.1) is 0 Å². The number of ether oxygens (including phenoxy) is 1. The number of anilines is 1. The molecule has 1 unspecified atom stereocenters. The van der Waals surface area contributed by atoms with Crippen LogP contribution < -0.4 is 10.1 Å². The SMILES string of the molecule is CCC(C)c1ccccc1OCC(=O)Nc1cccc([N+](=O)[O-])c1C. The number of benzene rings is 2. The number of rotatable bonds is 7. The molecule has 1 amide bonds. The number of nitrogens with one attached hydrogen (secondary N) is 1. The van der Waals surface area contributed by atoms with Gasteiger partial charge in [0.15, 0.2) is 6.61 Å². The molecule has 1 atom stereocenters. The van der Waals surface area contributed by atoms with Crippen LogP contribution in [0.25, 0.3) is 0 Å². The second-order valence-corrected chi connectivity index (χ2v) is 5.89. The first-order chi connectivity index (χ1) is 11.9. The van der Waals surface area contributed by atoms with Crippen LogP contribution in [0, 0.1) is 17.0 Å². The third kappa shape index (κ3) is 4.56. The Morgan fingerprint density at radius 3 is 2.64 bits per heavy atom. The average molecular weight is 342 g/mol. The lowest BCUT2D eigenvalue weighted by atomic mass is 9.98. The zero-order chi connectivity index (χ0) is 18.4. The van der Waals surface area contributed by atoms with E-state index in [0.717, 1.165) is 12.0 Å². The summed E-state index contributed by atoms with van der Waals surface area (Å²) in [5, 5.41) is 13.6. The van der Waals surface area contributed by atoms with Crippen LogP contribution in [0.1, 0.15) is 37.3 Å². The predicted molar refractivity (Wildman–Crippen MR) is 97.1 cm³/mol. The molecule has 0 saturated carbocycles. The van der Waals surface area contributed by atoms with Gasteiger partial charge in [0, 0.05) is 6.07 Å². The lowest BCUT2D eigenvalue weighted by molar-refractivity contribution is -0.385. The standard InChI is InChI=1S/C19H22N2O4/c1-4-13(2)15-8-5-6-11-18(15)25-12-19(22)20-16-9-7-10-17(14(16)3)21(23)24/h5-11,13H,4,12H2,1-3H3,(H,20,22). The third-order valence-electron chi connectivity index (χ3n) is 4.20. The highest BCUT2D eigenvalue weighted by Gasteiger charge is 2.16. The van der Waals surface area contributed by atoms with Crippen molar-refractivity contribution in [1.29, 1.82) is 0 Å². The Bertz CT molecular complexity index is 774. The fourth-order valence-electron chi connectivity index (χ4n) is 2.53. The lowest BCUT2D eigenvalue weighted by Crippen LogP contribution is -2.21. The minimum atomic E-state index is -0.468. The molecular weight excluding hydrogens is 320 g/mol. The summed E-state index contributed by atoms with van der Waals surface area (Å²) in [5.41, 5.74) is 1.86. The molecule has 0 fully saturated rings. The Morgan fingerprint density at radius 2 is 1.96 bits per heavy atom. The smallest absolute Gasteiger partial charge is 0.274 e. The second kappa shape index (κ2) is 8.28. The van der Waals surface area contributed by atoms with E-state index < -0.39 is 4.92 Å². The van der Waals surface area contributed by atoms with Gasteiger partial charge in [-0.05, 0) is 37.0 Å². The van der Waals surface area contributed by atoms with E-state index in [1.54, 1.807) is 19.1 Å². The molecule has 6 nitrogen and oxygen atoms in total. The number of nitro benzene ring substituents is 1. The van der Waals surface area contributed by atoms with Gasteiger partial charge < -0.3 is 10.1 Å². The van der Waals surface area contributed by atoms with Crippen molar-refractivity contribution in [3.8, 4) is 5.75 Å². The topological polar surface area (TPSA) is 81.5 Å². The van der Waals surface area contributed by atoms with Crippen molar-refractivity contribution in [2.24, 2.45) is 0 Å². The minimum absolute atomic E-state index is 0.0270. The number of carbonyl (C=O) groups is 1. The molecule has 0 aromatic heterocycles. The molecule has 0 aliphatic heterocycles. The maximum atomic E-state index is 12.2. The quantitative estimate of drug-likeness (QED) is 0.596. The molecule has 2 aromatic carbocycles. The van der Waals surface area contributed by atoms with Crippen LogP contribution in [0.4, 0.5) is 11.4 Å². The van der Waals surface area contributed by atoms with Crippen LogP contribution in [0.15, 0.2) is 42.5 Å². The molecule has 132 valence electrons. The van der Waals surface area contributed by atoms with Gasteiger partial charge in [-0.2, -0.15) is 0 Å². The number of para-hydroxylation sites is 1. The number of carbonyl (C=O) groups excluding carboxylic acids is 1. The Kier molecular flexibility index (Phi) is 6.11. The van der Waals surface area contributed by atoms with E-state index in [1.807, 2.05) is 24.3 Å². The van der Waals surface area contributed by atoms with Gasteiger partial charge in [0.1, 0.15) is 5.75 Å². The fraction of sp³-hybridized carbons (Fsp3) is 0.316. The Balaban J connectivity index is 2.05. The average Bonchev–Trinajstić information content (AvgIpc) is 2.61. The molecule has 0 aliphatic carbocycles. The van der Waals surface area contributed by atoms with E-state index in [9.17, 15) is 14.9 Å². The summed E-state index contributed by atoms with van der Waals surface area (Å²) in [6, 6.07) is 12.2. The molecule has 0 radical (unpaired) electrons. The molecule has 25 heavy (non-hydrogen) atoms. The largest absolute Gasteiger partial charge is 0.483 e. The van der Waals surface area contributed by atoms with Crippen LogP contribution in [-0.4, -0.2) is 17.4 Å². The summed E-state index contributed by atoms with van der Waals surface area (Å²) in [6.07, 6.45) is 0.972. The van der Waals surface area contributed by atoms with Crippen molar-refractivity contribution < 1.29 is 14.5 Å². The van der Waals surface area contributed by atoms with Gasteiger partial charge in [0.2, 0.25) is 0 Å². The molecule has 2 rings (SSSR count). The zero-order valence-corrected chi connectivity index (χ0v) is 14.6. The first kappa shape index (κ1) is 18.4. The van der Waals surface area contributed by atoms with E-state index in [-0.39, 0.29) is 18.2 Å². The fourth-order valence-corrected chi connectivity index (χ4v) is 2.53. The summed E-state index contributed by atoms with van der Waals surface area (Å²) < 4.78 is 5.67. The molecule has 0 spiro atoms. The Labute approximate surface area is 147 Å². The first-order valence-corrected chi connectivity index (χ1v) is 8.19. The van der Waals surface area contributed by atoms with Crippen LogP contribution in [0.3, 0.4) is 0 Å². The van der Waals surface area contributed by atoms with Crippen molar-refractivity contribution in [2.45, 2.75) is 33.1 Å². The Hall–Kier alpha value is -2.89. The van der Waals surface area contributed by atoms with Crippen LogP contribution >= 0.6 is 0 Å². The summed E-state index contributed by atoms with van der Waals surface area (Å²) in [4.78, 5) is 22.7. The van der Waals surface area contributed by atoms with Crippen molar-refractivity contribution in [1.82, 2.24) is 0 Å². The monoisotopic (exact) mass is 342 g/mol.